The lowest BCUT2D eigenvalue weighted by atomic mass is 10.0. The molecule has 1 unspecified atom stereocenters. The summed E-state index contributed by atoms with van der Waals surface area (Å²) in [6.45, 7) is 1.63. The number of phenols is 1. The topological polar surface area (TPSA) is 116 Å². The molecular formula is C19H21NO6. The maximum Gasteiger partial charge on any atom is 0.343 e. The van der Waals surface area contributed by atoms with E-state index in [4.69, 9.17) is 4.74 Å². The van der Waals surface area contributed by atoms with E-state index in [1.54, 1.807) is 20.0 Å². The lowest BCUT2D eigenvalue weighted by molar-refractivity contribution is -0.127. The molecule has 0 saturated carbocycles. The molecule has 4 N–H and O–H groups in total. The molecule has 1 aliphatic heterocycles. The van der Waals surface area contributed by atoms with Crippen molar-refractivity contribution in [1.82, 2.24) is 0 Å². The Morgan fingerprint density at radius 2 is 2.00 bits per heavy atom. The average molecular weight is 359 g/mol. The minimum Gasteiger partial charge on any atom is -0.507 e. The first-order valence-electron chi connectivity index (χ1n) is 8.14. The van der Waals surface area contributed by atoms with Crippen LogP contribution in [-0.4, -0.2) is 52.4 Å². The third kappa shape index (κ3) is 4.63. The van der Waals surface area contributed by atoms with Gasteiger partial charge in [0, 0.05) is 37.2 Å². The molecule has 1 aliphatic rings. The number of ketones is 1. The number of anilines is 1. The van der Waals surface area contributed by atoms with E-state index < -0.39 is 30.1 Å². The molecule has 1 aromatic carbocycles. The molecule has 0 aliphatic carbocycles. The predicted octanol–water partition coefficient (Wildman–Crippen LogP) is 0.972. The summed E-state index contributed by atoms with van der Waals surface area (Å²) in [5, 5.41) is 32.8. The number of carbonyl (C=O) groups is 2. The van der Waals surface area contributed by atoms with Gasteiger partial charge in [-0.1, -0.05) is 17.9 Å². The van der Waals surface area contributed by atoms with Gasteiger partial charge in [0.25, 0.3) is 0 Å². The zero-order chi connectivity index (χ0) is 19.3. The normalized spacial score (nSPS) is 25.2. The molecule has 0 saturated heterocycles. The fraction of sp³-hybridized carbons (Fsp3) is 0.368. The number of esters is 1. The lowest BCUT2D eigenvalue weighted by Crippen LogP contribution is -2.32. The SMILES string of the molecule is CNc1cc(O)c2c(c1)C#CC[C@H](O)C(O)C(=O)/C=C\C[C@H](C)OC2=O. The number of nitrogens with one attached hydrogen (secondary N) is 1. The van der Waals surface area contributed by atoms with Gasteiger partial charge in [-0.25, -0.2) is 4.79 Å². The van der Waals surface area contributed by atoms with Crippen molar-refractivity contribution in [3.05, 3.63) is 35.4 Å². The van der Waals surface area contributed by atoms with E-state index in [1.165, 1.54) is 12.1 Å². The number of aliphatic hydroxyl groups is 2. The standard InChI is InChI=1S/C19H21NO6/c1-11-5-3-7-14(21)18(24)15(22)8-4-6-12-9-13(20-2)10-16(23)17(12)19(25)26-11/h3,7,9-11,15,18,20,22-24H,5,8H2,1-2H3/b7-3-/t11-,15-,18?/m0/s1. The second kappa shape index (κ2) is 8.52. The van der Waals surface area contributed by atoms with Crippen molar-refractivity contribution in [2.24, 2.45) is 0 Å². The molecule has 0 spiro atoms. The van der Waals surface area contributed by atoms with E-state index >= 15 is 0 Å². The monoisotopic (exact) mass is 359 g/mol. The van der Waals surface area contributed by atoms with Crippen LogP contribution in [0.15, 0.2) is 24.3 Å². The Hall–Kier alpha value is -2.82. The van der Waals surface area contributed by atoms with E-state index in [0.717, 1.165) is 6.08 Å². The van der Waals surface area contributed by atoms with Gasteiger partial charge < -0.3 is 25.4 Å². The minimum atomic E-state index is -1.59. The average Bonchev–Trinajstić information content (AvgIpc) is 2.59. The van der Waals surface area contributed by atoms with Crippen LogP contribution < -0.4 is 5.32 Å². The van der Waals surface area contributed by atoms with Gasteiger partial charge >= 0.3 is 5.97 Å². The Morgan fingerprint density at radius 3 is 2.69 bits per heavy atom. The first-order chi connectivity index (χ1) is 12.3. The highest BCUT2D eigenvalue weighted by molar-refractivity contribution is 5.96. The summed E-state index contributed by atoms with van der Waals surface area (Å²) in [5.41, 5.74) is 0.680. The molecule has 2 rings (SSSR count). The third-order valence-corrected chi connectivity index (χ3v) is 3.86. The third-order valence-electron chi connectivity index (χ3n) is 3.86. The molecule has 138 valence electrons. The zero-order valence-electron chi connectivity index (χ0n) is 14.5. The smallest absolute Gasteiger partial charge is 0.343 e. The van der Waals surface area contributed by atoms with E-state index in [2.05, 4.69) is 17.2 Å². The second-order valence-corrected chi connectivity index (χ2v) is 5.94. The molecule has 3 atom stereocenters. The molecule has 0 amide bonds. The number of hydrogen-bond acceptors (Lipinski definition) is 7. The van der Waals surface area contributed by atoms with Gasteiger partial charge in [-0.05, 0) is 19.1 Å². The number of phenolic OH excluding ortho intramolecular Hbond substituents is 1. The van der Waals surface area contributed by atoms with Crippen LogP contribution in [0.2, 0.25) is 0 Å². The summed E-state index contributed by atoms with van der Waals surface area (Å²) in [6, 6.07) is 2.94. The summed E-state index contributed by atoms with van der Waals surface area (Å²) in [4.78, 5) is 24.2. The van der Waals surface area contributed by atoms with Gasteiger partial charge in [-0.3, -0.25) is 4.79 Å². The number of cyclic esters (lactones) is 1. The fourth-order valence-corrected chi connectivity index (χ4v) is 2.40. The second-order valence-electron chi connectivity index (χ2n) is 5.94. The van der Waals surface area contributed by atoms with Crippen molar-refractivity contribution < 1.29 is 29.6 Å². The number of carbonyl (C=O) groups excluding carboxylic acids is 2. The Morgan fingerprint density at radius 1 is 1.27 bits per heavy atom. The number of ether oxygens (including phenoxy) is 1. The van der Waals surface area contributed by atoms with Gasteiger partial charge in [-0.2, -0.15) is 0 Å². The Bertz CT molecular complexity index is 789. The zero-order valence-corrected chi connectivity index (χ0v) is 14.5. The van der Waals surface area contributed by atoms with E-state index in [9.17, 15) is 24.9 Å². The summed E-state index contributed by atoms with van der Waals surface area (Å²) in [7, 11) is 1.65. The van der Waals surface area contributed by atoms with E-state index in [1.807, 2.05) is 0 Å². The largest absolute Gasteiger partial charge is 0.507 e. The molecule has 7 heteroatoms. The molecule has 0 radical (unpaired) electrons. The molecule has 7 nitrogen and oxygen atoms in total. The maximum atomic E-state index is 12.4. The van der Waals surface area contributed by atoms with E-state index in [0.29, 0.717) is 5.69 Å². The molecule has 0 aromatic heterocycles. The molecule has 1 aromatic rings. The van der Waals surface area contributed by atoms with Crippen LogP contribution in [0.3, 0.4) is 0 Å². The van der Waals surface area contributed by atoms with E-state index in [-0.39, 0.29) is 29.7 Å². The van der Waals surface area contributed by atoms with Gasteiger partial charge in [0.1, 0.15) is 23.5 Å². The number of aliphatic hydroxyl groups excluding tert-OH is 2. The minimum absolute atomic E-state index is 0.0736. The lowest BCUT2D eigenvalue weighted by Gasteiger charge is -2.15. The van der Waals surface area contributed by atoms with Crippen LogP contribution in [-0.2, 0) is 9.53 Å². The summed E-state index contributed by atoms with van der Waals surface area (Å²) >= 11 is 0. The molecule has 1 heterocycles. The quantitative estimate of drug-likeness (QED) is 0.436. The van der Waals surface area contributed by atoms with Crippen molar-refractivity contribution in [3.8, 4) is 17.6 Å². The first-order valence-corrected chi connectivity index (χ1v) is 8.14. The summed E-state index contributed by atoms with van der Waals surface area (Å²) < 4.78 is 5.30. The molecular weight excluding hydrogens is 338 g/mol. The Labute approximate surface area is 151 Å². The first kappa shape index (κ1) is 19.5. The number of fused-ring (bicyclic) bond motifs is 1. The van der Waals surface area contributed by atoms with Crippen LogP contribution in [0.5, 0.6) is 5.75 Å². The van der Waals surface area contributed by atoms with Crippen LogP contribution in [0.4, 0.5) is 5.69 Å². The fourth-order valence-electron chi connectivity index (χ4n) is 2.40. The maximum absolute atomic E-state index is 12.4. The summed E-state index contributed by atoms with van der Waals surface area (Å²) in [5.74, 6) is 3.65. The number of rotatable bonds is 1. The molecule has 0 bridgehead atoms. The highest BCUT2D eigenvalue weighted by Crippen LogP contribution is 2.27. The summed E-state index contributed by atoms with van der Waals surface area (Å²) in [6.07, 6.45) is -0.872. The van der Waals surface area contributed by atoms with Crippen molar-refractivity contribution >= 4 is 17.4 Å². The number of aromatic hydroxyl groups is 1. The van der Waals surface area contributed by atoms with Crippen molar-refractivity contribution in [2.75, 3.05) is 12.4 Å². The Balaban J connectivity index is 2.49. The molecule has 26 heavy (non-hydrogen) atoms. The highest BCUT2D eigenvalue weighted by atomic mass is 16.5. The predicted molar refractivity (Wildman–Crippen MR) is 94.8 cm³/mol. The van der Waals surface area contributed by atoms with Gasteiger partial charge in [-0.15, -0.1) is 0 Å². The van der Waals surface area contributed by atoms with Crippen LogP contribution in [0.1, 0.15) is 35.7 Å². The van der Waals surface area contributed by atoms with Gasteiger partial charge in [0.2, 0.25) is 0 Å². The highest BCUT2D eigenvalue weighted by Gasteiger charge is 2.23. The van der Waals surface area contributed by atoms with Crippen molar-refractivity contribution in [1.29, 1.82) is 0 Å². The van der Waals surface area contributed by atoms with Gasteiger partial charge in [0.05, 0.1) is 6.10 Å². The van der Waals surface area contributed by atoms with Crippen LogP contribution in [0, 0.1) is 11.8 Å². The molecule has 0 fully saturated rings. The van der Waals surface area contributed by atoms with Crippen LogP contribution >= 0.6 is 0 Å². The van der Waals surface area contributed by atoms with Gasteiger partial charge in [0.15, 0.2) is 5.78 Å². The number of hydrogen-bond donors (Lipinski definition) is 4. The Kier molecular flexibility index (Phi) is 6.39. The van der Waals surface area contributed by atoms with Crippen LogP contribution in [0.25, 0.3) is 0 Å². The number of benzene rings is 1. The van der Waals surface area contributed by atoms with Crippen molar-refractivity contribution in [3.63, 3.8) is 0 Å². The van der Waals surface area contributed by atoms with Crippen molar-refractivity contribution in [2.45, 2.75) is 38.1 Å².